The van der Waals surface area contributed by atoms with E-state index in [1.807, 2.05) is 0 Å². The highest BCUT2D eigenvalue weighted by atomic mass is 19.1. The Balaban J connectivity index is 1.48. The zero-order chi connectivity index (χ0) is 20.8. The standard InChI is InChI=1S/C22H17F3N4O/c23-14-3-1-11(2-4-14)20-19(17-7-15(24)8-18(25)21(17)29-20)12-5-16(6-12)28-22(30)13-9-26-27-10-13/h1-4,7-10,12,16,29H,5-6H2,(H,26,27)(H,28,30). The Hall–Kier alpha value is -3.55. The van der Waals surface area contributed by atoms with Crippen LogP contribution in [-0.4, -0.2) is 27.1 Å². The highest BCUT2D eigenvalue weighted by molar-refractivity contribution is 5.94. The molecule has 0 spiro atoms. The molecule has 5 rings (SSSR count). The number of carbonyl (C=O) groups is 1. The first-order valence-corrected chi connectivity index (χ1v) is 9.56. The summed E-state index contributed by atoms with van der Waals surface area (Å²) in [5, 5.41) is 9.77. The molecule has 1 aliphatic rings. The minimum Gasteiger partial charge on any atom is -0.352 e. The van der Waals surface area contributed by atoms with Crippen LogP contribution in [0.5, 0.6) is 0 Å². The topological polar surface area (TPSA) is 73.6 Å². The molecule has 2 aromatic heterocycles. The van der Waals surface area contributed by atoms with Gasteiger partial charge in [-0.1, -0.05) is 0 Å². The molecule has 0 saturated heterocycles. The first-order chi connectivity index (χ1) is 14.5. The van der Waals surface area contributed by atoms with Crippen LogP contribution in [0.3, 0.4) is 0 Å². The molecule has 0 unspecified atom stereocenters. The van der Waals surface area contributed by atoms with Gasteiger partial charge >= 0.3 is 0 Å². The molecule has 5 nitrogen and oxygen atoms in total. The SMILES string of the molecule is O=C(NC1CC(c2c(-c3ccc(F)cc3)[nH]c3c(F)cc(F)cc23)C1)c1cn[nH]c1. The Morgan fingerprint density at radius 3 is 2.53 bits per heavy atom. The van der Waals surface area contributed by atoms with E-state index < -0.39 is 11.6 Å². The summed E-state index contributed by atoms with van der Waals surface area (Å²) >= 11 is 0. The summed E-state index contributed by atoms with van der Waals surface area (Å²) in [7, 11) is 0. The van der Waals surface area contributed by atoms with E-state index in [1.54, 1.807) is 12.1 Å². The number of amides is 1. The van der Waals surface area contributed by atoms with Gasteiger partial charge in [0.05, 0.1) is 23.0 Å². The number of benzene rings is 2. The number of halogens is 3. The number of carbonyl (C=O) groups excluding carboxylic acids is 1. The lowest BCUT2D eigenvalue weighted by atomic mass is 9.74. The third-order valence-electron chi connectivity index (χ3n) is 5.64. The number of nitrogens with zero attached hydrogens (tertiary/aromatic N) is 1. The van der Waals surface area contributed by atoms with Gasteiger partial charge in [-0.2, -0.15) is 5.10 Å². The van der Waals surface area contributed by atoms with Crippen LogP contribution in [-0.2, 0) is 0 Å². The van der Waals surface area contributed by atoms with E-state index in [2.05, 4.69) is 20.5 Å². The molecule has 4 aromatic rings. The van der Waals surface area contributed by atoms with E-state index in [4.69, 9.17) is 0 Å². The van der Waals surface area contributed by atoms with E-state index in [-0.39, 0.29) is 29.2 Å². The summed E-state index contributed by atoms with van der Waals surface area (Å²) in [6.45, 7) is 0. The zero-order valence-corrected chi connectivity index (χ0v) is 15.7. The van der Waals surface area contributed by atoms with Gasteiger partial charge in [0, 0.05) is 23.7 Å². The molecule has 0 radical (unpaired) electrons. The number of hydrogen-bond donors (Lipinski definition) is 3. The van der Waals surface area contributed by atoms with Crippen molar-refractivity contribution >= 4 is 16.8 Å². The van der Waals surface area contributed by atoms with E-state index in [1.165, 1.54) is 30.6 Å². The van der Waals surface area contributed by atoms with Crippen LogP contribution >= 0.6 is 0 Å². The monoisotopic (exact) mass is 410 g/mol. The van der Waals surface area contributed by atoms with Crippen molar-refractivity contribution in [3.63, 3.8) is 0 Å². The summed E-state index contributed by atoms with van der Waals surface area (Å²) in [6.07, 6.45) is 4.22. The quantitative estimate of drug-likeness (QED) is 0.458. The molecule has 0 bridgehead atoms. The van der Waals surface area contributed by atoms with Gasteiger partial charge in [0.25, 0.3) is 5.91 Å². The number of hydrogen-bond acceptors (Lipinski definition) is 2. The molecular weight excluding hydrogens is 393 g/mol. The fraction of sp³-hybridized carbons (Fsp3) is 0.182. The van der Waals surface area contributed by atoms with Crippen LogP contribution in [0.2, 0.25) is 0 Å². The Bertz CT molecular complexity index is 1230. The van der Waals surface area contributed by atoms with Crippen molar-refractivity contribution in [1.82, 2.24) is 20.5 Å². The molecule has 1 amide bonds. The highest BCUT2D eigenvalue weighted by Gasteiger charge is 2.35. The van der Waals surface area contributed by atoms with Gasteiger partial charge in [0.1, 0.15) is 17.5 Å². The number of aromatic nitrogens is 3. The van der Waals surface area contributed by atoms with Crippen LogP contribution in [0, 0.1) is 17.5 Å². The number of nitrogens with one attached hydrogen (secondary N) is 3. The second-order valence-corrected chi connectivity index (χ2v) is 7.56. The predicted molar refractivity (Wildman–Crippen MR) is 105 cm³/mol. The van der Waals surface area contributed by atoms with Crippen molar-refractivity contribution in [3.8, 4) is 11.3 Å². The molecular formula is C22H17F3N4O. The summed E-state index contributed by atoms with van der Waals surface area (Å²) in [4.78, 5) is 15.3. The second-order valence-electron chi connectivity index (χ2n) is 7.56. The lowest BCUT2D eigenvalue weighted by Crippen LogP contribution is -2.43. The summed E-state index contributed by atoms with van der Waals surface area (Å²) in [5.74, 6) is -1.94. The molecule has 8 heteroatoms. The fourth-order valence-corrected chi connectivity index (χ4v) is 4.12. The summed E-state index contributed by atoms with van der Waals surface area (Å²) in [6, 6.07) is 7.97. The Morgan fingerprint density at radius 2 is 1.83 bits per heavy atom. The summed E-state index contributed by atoms with van der Waals surface area (Å²) in [5.41, 5.74) is 2.77. The third-order valence-corrected chi connectivity index (χ3v) is 5.64. The molecule has 1 saturated carbocycles. The maximum atomic E-state index is 14.4. The normalized spacial score (nSPS) is 18.4. The largest absolute Gasteiger partial charge is 0.352 e. The number of rotatable bonds is 4. The smallest absolute Gasteiger partial charge is 0.254 e. The van der Waals surface area contributed by atoms with Crippen molar-refractivity contribution in [2.45, 2.75) is 24.8 Å². The molecule has 2 heterocycles. The predicted octanol–water partition coefficient (Wildman–Crippen LogP) is 4.65. The molecule has 152 valence electrons. The second kappa shape index (κ2) is 7.05. The molecule has 1 aliphatic carbocycles. The first kappa shape index (κ1) is 18.5. The van der Waals surface area contributed by atoms with Crippen LogP contribution in [0.15, 0.2) is 48.8 Å². The van der Waals surface area contributed by atoms with E-state index in [0.29, 0.717) is 35.0 Å². The number of fused-ring (bicyclic) bond motifs is 1. The Labute approximate surface area is 169 Å². The molecule has 2 aromatic carbocycles. The van der Waals surface area contributed by atoms with E-state index >= 15 is 0 Å². The molecule has 0 atom stereocenters. The highest BCUT2D eigenvalue weighted by Crippen LogP contribution is 2.45. The minimum atomic E-state index is -0.677. The minimum absolute atomic E-state index is 0.00495. The molecule has 3 N–H and O–H groups in total. The van der Waals surface area contributed by atoms with Crippen LogP contribution in [0.4, 0.5) is 13.2 Å². The summed E-state index contributed by atoms with van der Waals surface area (Å²) < 4.78 is 41.8. The van der Waals surface area contributed by atoms with Gasteiger partial charge < -0.3 is 10.3 Å². The van der Waals surface area contributed by atoms with Crippen molar-refractivity contribution in [2.24, 2.45) is 0 Å². The molecule has 1 fully saturated rings. The van der Waals surface area contributed by atoms with Crippen LogP contribution < -0.4 is 5.32 Å². The number of aromatic amines is 2. The van der Waals surface area contributed by atoms with Gasteiger partial charge in [-0.05, 0) is 60.2 Å². The molecule has 0 aliphatic heterocycles. The van der Waals surface area contributed by atoms with Crippen LogP contribution in [0.1, 0.15) is 34.7 Å². The van der Waals surface area contributed by atoms with Gasteiger partial charge in [-0.15, -0.1) is 0 Å². The van der Waals surface area contributed by atoms with Gasteiger partial charge in [-0.25, -0.2) is 13.2 Å². The fourth-order valence-electron chi connectivity index (χ4n) is 4.12. The maximum Gasteiger partial charge on any atom is 0.254 e. The van der Waals surface area contributed by atoms with Gasteiger partial charge in [0.2, 0.25) is 0 Å². The first-order valence-electron chi connectivity index (χ1n) is 9.56. The van der Waals surface area contributed by atoms with Gasteiger partial charge in [0.15, 0.2) is 0 Å². The Morgan fingerprint density at radius 1 is 1.07 bits per heavy atom. The zero-order valence-electron chi connectivity index (χ0n) is 15.7. The molecule has 30 heavy (non-hydrogen) atoms. The Kier molecular flexibility index (Phi) is 4.34. The van der Waals surface area contributed by atoms with Crippen molar-refractivity contribution in [1.29, 1.82) is 0 Å². The maximum absolute atomic E-state index is 14.4. The van der Waals surface area contributed by atoms with Crippen molar-refractivity contribution in [3.05, 3.63) is 77.4 Å². The average molecular weight is 410 g/mol. The van der Waals surface area contributed by atoms with Crippen molar-refractivity contribution < 1.29 is 18.0 Å². The average Bonchev–Trinajstić information content (AvgIpc) is 3.33. The van der Waals surface area contributed by atoms with Gasteiger partial charge in [-0.3, -0.25) is 9.89 Å². The van der Waals surface area contributed by atoms with Crippen LogP contribution in [0.25, 0.3) is 22.2 Å². The van der Waals surface area contributed by atoms with Crippen molar-refractivity contribution in [2.75, 3.05) is 0 Å². The lowest BCUT2D eigenvalue weighted by Gasteiger charge is -2.36. The van der Waals surface area contributed by atoms with E-state index in [9.17, 15) is 18.0 Å². The lowest BCUT2D eigenvalue weighted by molar-refractivity contribution is 0.0909. The third kappa shape index (κ3) is 3.14. The number of H-pyrrole nitrogens is 2. The van der Waals surface area contributed by atoms with E-state index in [0.717, 1.165) is 11.6 Å².